The molecule has 1 aromatic carbocycles. The molecule has 1 atom stereocenters. The Kier molecular flexibility index (Phi) is 5.98. The first-order valence-corrected chi connectivity index (χ1v) is 8.45. The number of amides is 1. The molecule has 1 aromatic rings. The van der Waals surface area contributed by atoms with Gasteiger partial charge in [0.1, 0.15) is 0 Å². The van der Waals surface area contributed by atoms with Crippen molar-refractivity contribution in [2.24, 2.45) is 11.3 Å². The number of carbonyl (C=O) groups is 1. The smallest absolute Gasteiger partial charge is 0.230 e. The highest BCUT2D eigenvalue weighted by atomic mass is 16.2. The molecule has 3 heteroatoms. The monoisotopic (exact) mass is 310 g/mol. The third-order valence-electron chi connectivity index (χ3n) is 4.53. The first-order valence-electron chi connectivity index (χ1n) is 8.45. The van der Waals surface area contributed by atoms with Crippen LogP contribution < -0.4 is 5.32 Å². The number of carbonyl (C=O) groups excluding carboxylic acids is 1. The first-order chi connectivity index (χ1) is 11.0. The normalized spacial score (nSPS) is 18.0. The predicted octanol–water partition coefficient (Wildman–Crippen LogP) is 4.36. The van der Waals surface area contributed by atoms with Gasteiger partial charge in [-0.2, -0.15) is 5.26 Å². The molecule has 122 valence electrons. The molecular formula is C20H26N2O. The van der Waals surface area contributed by atoms with E-state index in [-0.39, 0.29) is 5.91 Å². The lowest BCUT2D eigenvalue weighted by atomic mass is 9.83. The molecule has 1 N–H and O–H groups in total. The number of benzene rings is 1. The molecular weight excluding hydrogens is 284 g/mol. The number of hydrogen-bond donors (Lipinski definition) is 1. The Morgan fingerprint density at radius 2 is 2.09 bits per heavy atom. The van der Waals surface area contributed by atoms with Crippen molar-refractivity contribution < 1.29 is 4.79 Å². The molecule has 0 bridgehead atoms. The zero-order valence-electron chi connectivity index (χ0n) is 14.1. The molecule has 3 nitrogen and oxygen atoms in total. The van der Waals surface area contributed by atoms with Crippen LogP contribution in [0.4, 0.5) is 0 Å². The van der Waals surface area contributed by atoms with E-state index < -0.39 is 5.41 Å². The molecule has 0 heterocycles. The fraction of sp³-hybridized carbons (Fsp3) is 0.500. The topological polar surface area (TPSA) is 52.9 Å². The summed E-state index contributed by atoms with van der Waals surface area (Å²) in [6.07, 6.45) is 7.46. The molecule has 0 fully saturated rings. The summed E-state index contributed by atoms with van der Waals surface area (Å²) in [6, 6.07) is 12.3. The second kappa shape index (κ2) is 7.97. The molecule has 0 aromatic heterocycles. The minimum absolute atomic E-state index is 0.0662. The van der Waals surface area contributed by atoms with Crippen LogP contribution in [0.2, 0.25) is 0 Å². The number of nitrogens with one attached hydrogen (secondary N) is 1. The van der Waals surface area contributed by atoms with Gasteiger partial charge in [-0.3, -0.25) is 4.79 Å². The van der Waals surface area contributed by atoms with Crippen LogP contribution in [0, 0.1) is 22.7 Å². The molecule has 0 radical (unpaired) electrons. The van der Waals surface area contributed by atoms with Crippen molar-refractivity contribution in [2.75, 3.05) is 0 Å². The largest absolute Gasteiger partial charge is 0.329 e. The van der Waals surface area contributed by atoms with Gasteiger partial charge >= 0.3 is 0 Å². The van der Waals surface area contributed by atoms with Gasteiger partial charge in [0, 0.05) is 17.5 Å². The third-order valence-corrected chi connectivity index (χ3v) is 4.53. The Morgan fingerprint density at radius 1 is 1.35 bits per heavy atom. The van der Waals surface area contributed by atoms with Gasteiger partial charge in [-0.05, 0) is 43.6 Å². The Morgan fingerprint density at radius 3 is 2.78 bits per heavy atom. The Bertz CT molecular complexity index is 596. The number of nitriles is 1. The lowest BCUT2D eigenvalue weighted by Gasteiger charge is -2.29. The zero-order chi connectivity index (χ0) is 16.7. The van der Waals surface area contributed by atoms with Crippen molar-refractivity contribution in [3.8, 4) is 6.07 Å². The minimum atomic E-state index is -0.459. The van der Waals surface area contributed by atoms with Crippen molar-refractivity contribution in [1.29, 1.82) is 5.26 Å². The summed E-state index contributed by atoms with van der Waals surface area (Å²) in [5.41, 5.74) is 1.74. The van der Waals surface area contributed by atoms with Crippen LogP contribution in [-0.2, 0) is 11.2 Å². The number of allylic oxidation sites excluding steroid dienone is 2. The second-order valence-corrected chi connectivity index (χ2v) is 6.98. The summed E-state index contributed by atoms with van der Waals surface area (Å²) < 4.78 is 0. The van der Waals surface area contributed by atoms with Gasteiger partial charge in [-0.25, -0.2) is 0 Å². The maximum Gasteiger partial charge on any atom is 0.230 e. The summed E-state index contributed by atoms with van der Waals surface area (Å²) in [4.78, 5) is 12.7. The van der Waals surface area contributed by atoms with E-state index in [1.807, 2.05) is 32.0 Å². The Labute approximate surface area is 139 Å². The van der Waals surface area contributed by atoms with Gasteiger partial charge in [0.05, 0.1) is 6.07 Å². The summed E-state index contributed by atoms with van der Waals surface area (Å²) >= 11 is 0. The molecule has 0 saturated heterocycles. The average Bonchev–Trinajstić information content (AvgIpc) is 2.54. The Hall–Kier alpha value is -2.08. The average molecular weight is 310 g/mol. The number of rotatable bonds is 6. The standard InChI is InChI=1S/C20H26N2O/c1-20(2,15-16-9-4-3-5-10-16)19(23)22-18-13-7-6-11-17(18)12-8-14-21/h3-5,9-10,13,17H,6-8,11-12,15H2,1-2H3,(H,22,23). The van der Waals surface area contributed by atoms with Gasteiger partial charge in [-0.1, -0.05) is 50.3 Å². The van der Waals surface area contributed by atoms with Crippen molar-refractivity contribution in [3.63, 3.8) is 0 Å². The fourth-order valence-corrected chi connectivity index (χ4v) is 3.12. The quantitative estimate of drug-likeness (QED) is 0.848. The highest BCUT2D eigenvalue weighted by Gasteiger charge is 2.30. The van der Waals surface area contributed by atoms with E-state index in [1.165, 1.54) is 5.56 Å². The van der Waals surface area contributed by atoms with Crippen molar-refractivity contribution in [3.05, 3.63) is 47.7 Å². The Balaban J connectivity index is 2.01. The number of nitrogens with zero attached hydrogens (tertiary/aromatic N) is 1. The van der Waals surface area contributed by atoms with Crippen LogP contribution in [0.15, 0.2) is 42.1 Å². The van der Waals surface area contributed by atoms with Gasteiger partial charge in [0.2, 0.25) is 5.91 Å². The van der Waals surface area contributed by atoms with E-state index in [0.717, 1.165) is 37.8 Å². The van der Waals surface area contributed by atoms with Crippen LogP contribution in [0.5, 0.6) is 0 Å². The predicted molar refractivity (Wildman–Crippen MR) is 92.3 cm³/mol. The van der Waals surface area contributed by atoms with Crippen molar-refractivity contribution in [1.82, 2.24) is 5.32 Å². The van der Waals surface area contributed by atoms with Crippen LogP contribution in [0.1, 0.15) is 51.5 Å². The molecule has 1 amide bonds. The minimum Gasteiger partial charge on any atom is -0.329 e. The van der Waals surface area contributed by atoms with E-state index in [2.05, 4.69) is 29.6 Å². The molecule has 1 unspecified atom stereocenters. The maximum absolute atomic E-state index is 12.7. The van der Waals surface area contributed by atoms with Crippen LogP contribution in [0.25, 0.3) is 0 Å². The molecule has 0 aliphatic heterocycles. The van der Waals surface area contributed by atoms with Gasteiger partial charge in [0.15, 0.2) is 0 Å². The fourth-order valence-electron chi connectivity index (χ4n) is 3.12. The van der Waals surface area contributed by atoms with E-state index >= 15 is 0 Å². The summed E-state index contributed by atoms with van der Waals surface area (Å²) in [5.74, 6) is 0.385. The summed E-state index contributed by atoms with van der Waals surface area (Å²) in [5, 5.41) is 12.0. The van der Waals surface area contributed by atoms with Gasteiger partial charge in [-0.15, -0.1) is 0 Å². The lowest BCUT2D eigenvalue weighted by molar-refractivity contribution is -0.128. The molecule has 0 spiro atoms. The highest BCUT2D eigenvalue weighted by Crippen LogP contribution is 2.29. The molecule has 23 heavy (non-hydrogen) atoms. The molecule has 1 aliphatic rings. The van der Waals surface area contributed by atoms with E-state index in [0.29, 0.717) is 12.3 Å². The maximum atomic E-state index is 12.7. The zero-order valence-corrected chi connectivity index (χ0v) is 14.1. The van der Waals surface area contributed by atoms with Crippen molar-refractivity contribution >= 4 is 5.91 Å². The van der Waals surface area contributed by atoms with E-state index in [4.69, 9.17) is 5.26 Å². The molecule has 1 aliphatic carbocycles. The summed E-state index contributed by atoms with van der Waals surface area (Å²) in [6.45, 7) is 3.98. The van der Waals surface area contributed by atoms with E-state index in [1.54, 1.807) is 0 Å². The third kappa shape index (κ3) is 4.96. The molecule has 2 rings (SSSR count). The molecule has 0 saturated carbocycles. The lowest BCUT2D eigenvalue weighted by Crippen LogP contribution is -2.40. The van der Waals surface area contributed by atoms with Crippen LogP contribution >= 0.6 is 0 Å². The van der Waals surface area contributed by atoms with Crippen molar-refractivity contribution in [2.45, 2.75) is 52.4 Å². The summed E-state index contributed by atoms with van der Waals surface area (Å²) in [7, 11) is 0. The van der Waals surface area contributed by atoms with E-state index in [9.17, 15) is 4.79 Å². The van der Waals surface area contributed by atoms with Crippen LogP contribution in [0.3, 0.4) is 0 Å². The van der Waals surface area contributed by atoms with Gasteiger partial charge < -0.3 is 5.32 Å². The number of hydrogen-bond acceptors (Lipinski definition) is 2. The SMILES string of the molecule is CC(C)(Cc1ccccc1)C(=O)NC1=CCCCC1CCC#N. The van der Waals surface area contributed by atoms with Gasteiger partial charge in [0.25, 0.3) is 0 Å². The first kappa shape index (κ1) is 17.3. The highest BCUT2D eigenvalue weighted by molar-refractivity contribution is 5.83. The second-order valence-electron chi connectivity index (χ2n) is 6.98. The van der Waals surface area contributed by atoms with Crippen LogP contribution in [-0.4, -0.2) is 5.91 Å².